The normalized spacial score (nSPS) is 31.1. The second kappa shape index (κ2) is 9.16. The fourth-order valence-electron chi connectivity index (χ4n) is 6.35. The van der Waals surface area contributed by atoms with Crippen LogP contribution in [0, 0.1) is 17.8 Å². The Hall–Kier alpha value is -1.89. The van der Waals surface area contributed by atoms with Gasteiger partial charge in [0.25, 0.3) is 0 Å². The zero-order valence-electron chi connectivity index (χ0n) is 19.4. The van der Waals surface area contributed by atoms with Gasteiger partial charge in [0.1, 0.15) is 11.6 Å². The second-order valence-corrected chi connectivity index (χ2v) is 10.0. The van der Waals surface area contributed by atoms with Crippen molar-refractivity contribution in [2.45, 2.75) is 51.2 Å². The van der Waals surface area contributed by atoms with Crippen LogP contribution in [0.15, 0.2) is 24.3 Å². The summed E-state index contributed by atoms with van der Waals surface area (Å²) in [6, 6.07) is 8.23. The minimum absolute atomic E-state index is 0.160. The number of nitrogens with zero attached hydrogens (tertiary/aromatic N) is 3. The number of aliphatic hydroxyl groups is 2. The summed E-state index contributed by atoms with van der Waals surface area (Å²) in [7, 11) is 1.68. The highest BCUT2D eigenvalue weighted by Crippen LogP contribution is 2.43. The van der Waals surface area contributed by atoms with Crippen molar-refractivity contribution in [2.75, 3.05) is 44.8 Å². The van der Waals surface area contributed by atoms with Gasteiger partial charge in [-0.3, -0.25) is 4.90 Å². The van der Waals surface area contributed by atoms with E-state index in [1.807, 2.05) is 18.2 Å². The molecule has 32 heavy (non-hydrogen) atoms. The average molecular weight is 440 g/mol. The van der Waals surface area contributed by atoms with Crippen LogP contribution in [-0.4, -0.2) is 66.0 Å². The van der Waals surface area contributed by atoms with Gasteiger partial charge in [-0.1, -0.05) is 13.3 Å². The lowest BCUT2D eigenvalue weighted by atomic mass is 9.72. The fraction of sp³-hybridized carbons (Fsp3) is 0.654. The van der Waals surface area contributed by atoms with Crippen LogP contribution < -0.4 is 9.64 Å². The molecule has 0 saturated carbocycles. The van der Waals surface area contributed by atoms with Crippen molar-refractivity contribution in [2.24, 2.45) is 17.8 Å². The van der Waals surface area contributed by atoms with E-state index >= 15 is 0 Å². The SMILES string of the molecule is CC[C@H]1CN2CC[C@H]1CC2[C@H](O)c1cc(N2CCCC(CO)C2)nc2ccc(OC)cc12. The molecule has 6 nitrogen and oxygen atoms in total. The minimum atomic E-state index is -0.551. The number of aliphatic hydroxyl groups excluding tert-OH is 2. The third kappa shape index (κ3) is 3.97. The molecular weight excluding hydrogens is 402 g/mol. The highest BCUT2D eigenvalue weighted by atomic mass is 16.5. The van der Waals surface area contributed by atoms with E-state index in [4.69, 9.17) is 9.72 Å². The third-order valence-electron chi connectivity index (χ3n) is 8.28. The summed E-state index contributed by atoms with van der Waals surface area (Å²) in [6.45, 7) is 6.46. The molecule has 6 heteroatoms. The lowest BCUT2D eigenvalue weighted by molar-refractivity contribution is -0.0562. The Morgan fingerprint density at radius 1 is 1.19 bits per heavy atom. The lowest BCUT2D eigenvalue weighted by Gasteiger charge is -2.51. The Labute approximate surface area is 191 Å². The zero-order chi connectivity index (χ0) is 22.2. The second-order valence-electron chi connectivity index (χ2n) is 10.0. The molecule has 2 bridgehead atoms. The zero-order valence-corrected chi connectivity index (χ0v) is 19.4. The molecule has 2 aromatic rings. The van der Waals surface area contributed by atoms with Crippen LogP contribution in [0.2, 0.25) is 0 Å². The first kappa shape index (κ1) is 21.9. The number of pyridine rings is 1. The standard InChI is InChI=1S/C26H37N3O3/c1-3-18-15-28-10-8-19(18)11-24(28)26(31)22-13-25(29-9-4-5-17(14-29)16-30)27-23-7-6-20(32-2)12-21(22)23/h6-7,12-13,17-19,24,26,30-31H,3-5,8-11,14-16H2,1-2H3/t17?,18-,19-,24?,26+/m0/s1. The van der Waals surface area contributed by atoms with Crippen LogP contribution in [0.5, 0.6) is 5.75 Å². The number of methoxy groups -OCH3 is 1. The summed E-state index contributed by atoms with van der Waals surface area (Å²) in [5.74, 6) is 3.48. The van der Waals surface area contributed by atoms with Gasteiger partial charge < -0.3 is 19.8 Å². The number of ether oxygens (including phenoxy) is 1. The van der Waals surface area contributed by atoms with Crippen molar-refractivity contribution >= 4 is 16.7 Å². The van der Waals surface area contributed by atoms with Gasteiger partial charge in [0.2, 0.25) is 0 Å². The van der Waals surface area contributed by atoms with E-state index in [0.717, 1.165) is 85.3 Å². The molecular formula is C26H37N3O3. The van der Waals surface area contributed by atoms with Crippen molar-refractivity contribution in [1.82, 2.24) is 9.88 Å². The number of piperidine rings is 4. The van der Waals surface area contributed by atoms with Gasteiger partial charge in [0.15, 0.2) is 0 Å². The molecule has 3 unspecified atom stereocenters. The first-order chi connectivity index (χ1) is 15.6. The summed E-state index contributed by atoms with van der Waals surface area (Å²) in [6.07, 6.45) is 5.12. The molecule has 0 aliphatic carbocycles. The first-order valence-corrected chi connectivity index (χ1v) is 12.4. The van der Waals surface area contributed by atoms with Crippen LogP contribution in [0.4, 0.5) is 5.82 Å². The smallest absolute Gasteiger partial charge is 0.129 e. The maximum atomic E-state index is 11.7. The summed E-state index contributed by atoms with van der Waals surface area (Å²) >= 11 is 0. The molecule has 5 heterocycles. The van der Waals surface area contributed by atoms with E-state index in [9.17, 15) is 10.2 Å². The molecule has 4 saturated heterocycles. The third-order valence-corrected chi connectivity index (χ3v) is 8.28. The van der Waals surface area contributed by atoms with Gasteiger partial charge in [-0.05, 0) is 79.8 Å². The van der Waals surface area contributed by atoms with E-state index in [2.05, 4.69) is 22.8 Å². The Kier molecular flexibility index (Phi) is 6.28. The van der Waals surface area contributed by atoms with Gasteiger partial charge >= 0.3 is 0 Å². The predicted octanol–water partition coefficient (Wildman–Crippen LogP) is 3.61. The van der Waals surface area contributed by atoms with E-state index in [1.165, 1.54) is 12.8 Å². The molecule has 0 amide bonds. The van der Waals surface area contributed by atoms with E-state index in [1.54, 1.807) is 7.11 Å². The Balaban J connectivity index is 1.53. The van der Waals surface area contributed by atoms with E-state index in [-0.39, 0.29) is 18.6 Å². The maximum Gasteiger partial charge on any atom is 0.129 e. The number of aromatic nitrogens is 1. The van der Waals surface area contributed by atoms with Crippen LogP contribution in [-0.2, 0) is 0 Å². The monoisotopic (exact) mass is 439 g/mol. The molecule has 1 aromatic heterocycles. The number of anilines is 1. The number of hydrogen-bond donors (Lipinski definition) is 2. The molecule has 6 atom stereocenters. The van der Waals surface area contributed by atoms with E-state index in [0.29, 0.717) is 0 Å². The highest BCUT2D eigenvalue weighted by Gasteiger charge is 2.42. The molecule has 6 rings (SSSR count). The van der Waals surface area contributed by atoms with Crippen molar-refractivity contribution in [1.29, 1.82) is 0 Å². The Morgan fingerprint density at radius 2 is 2.06 bits per heavy atom. The average Bonchev–Trinajstić information content (AvgIpc) is 2.87. The van der Waals surface area contributed by atoms with E-state index < -0.39 is 6.10 Å². The summed E-state index contributed by atoms with van der Waals surface area (Å²) < 4.78 is 5.50. The molecule has 4 aliphatic heterocycles. The van der Waals surface area contributed by atoms with Gasteiger partial charge in [0.05, 0.1) is 18.7 Å². The van der Waals surface area contributed by atoms with Crippen molar-refractivity contribution < 1.29 is 14.9 Å². The van der Waals surface area contributed by atoms with Gasteiger partial charge in [-0.25, -0.2) is 4.98 Å². The molecule has 0 spiro atoms. The van der Waals surface area contributed by atoms with Gasteiger partial charge in [0, 0.05) is 37.7 Å². The molecule has 4 aliphatic rings. The number of fused-ring (bicyclic) bond motifs is 4. The highest BCUT2D eigenvalue weighted by molar-refractivity contribution is 5.86. The quantitative estimate of drug-likeness (QED) is 0.717. The summed E-state index contributed by atoms with van der Waals surface area (Å²) in [5.41, 5.74) is 1.85. The molecule has 4 fully saturated rings. The van der Waals surface area contributed by atoms with Crippen LogP contribution in [0.3, 0.4) is 0 Å². The van der Waals surface area contributed by atoms with Crippen molar-refractivity contribution in [3.63, 3.8) is 0 Å². The Bertz CT molecular complexity index is 951. The van der Waals surface area contributed by atoms with Crippen LogP contribution >= 0.6 is 0 Å². The van der Waals surface area contributed by atoms with Gasteiger partial charge in [-0.2, -0.15) is 0 Å². The topological polar surface area (TPSA) is 69.1 Å². The fourth-order valence-corrected chi connectivity index (χ4v) is 6.35. The Morgan fingerprint density at radius 3 is 2.78 bits per heavy atom. The van der Waals surface area contributed by atoms with Crippen LogP contribution in [0.25, 0.3) is 10.9 Å². The number of hydrogen-bond acceptors (Lipinski definition) is 6. The first-order valence-electron chi connectivity index (χ1n) is 12.4. The summed E-state index contributed by atoms with van der Waals surface area (Å²) in [5, 5.41) is 22.4. The maximum absolute atomic E-state index is 11.7. The predicted molar refractivity (Wildman–Crippen MR) is 127 cm³/mol. The van der Waals surface area contributed by atoms with Gasteiger partial charge in [-0.15, -0.1) is 0 Å². The molecule has 1 aromatic carbocycles. The number of benzene rings is 1. The molecule has 174 valence electrons. The van der Waals surface area contributed by atoms with Crippen LogP contribution in [0.1, 0.15) is 50.7 Å². The van der Waals surface area contributed by atoms with Crippen molar-refractivity contribution in [3.05, 3.63) is 29.8 Å². The molecule has 2 N–H and O–H groups in total. The largest absolute Gasteiger partial charge is 0.497 e. The molecule has 0 radical (unpaired) electrons. The lowest BCUT2D eigenvalue weighted by Crippen LogP contribution is -2.55. The summed E-state index contributed by atoms with van der Waals surface area (Å²) in [4.78, 5) is 9.77. The minimum Gasteiger partial charge on any atom is -0.497 e. The van der Waals surface area contributed by atoms with Crippen molar-refractivity contribution in [3.8, 4) is 5.75 Å². The number of rotatable bonds is 6.